The molecule has 1 atom stereocenters. The van der Waals surface area contributed by atoms with E-state index in [4.69, 9.17) is 0 Å². The van der Waals surface area contributed by atoms with E-state index in [1.54, 1.807) is 6.92 Å². The minimum Gasteiger partial charge on any atom is -0.480 e. The van der Waals surface area contributed by atoms with Gasteiger partial charge in [-0.3, -0.25) is 4.90 Å². The summed E-state index contributed by atoms with van der Waals surface area (Å²) in [7, 11) is 0. The van der Waals surface area contributed by atoms with Crippen LogP contribution in [-0.2, 0) is 10.3 Å². The maximum absolute atomic E-state index is 12.1. The van der Waals surface area contributed by atoms with Crippen molar-refractivity contribution in [3.05, 3.63) is 29.8 Å². The molecule has 0 aliphatic carbocycles. The quantitative estimate of drug-likeness (QED) is 0.903. The lowest BCUT2D eigenvalue weighted by molar-refractivity contribution is -0.150. The fourth-order valence-corrected chi connectivity index (χ4v) is 2.57. The molecule has 1 aliphatic heterocycles. The molecule has 1 N–H and O–H groups in total. The zero-order valence-electron chi connectivity index (χ0n) is 11.2. The van der Waals surface area contributed by atoms with Crippen molar-refractivity contribution in [2.45, 2.75) is 31.9 Å². The Morgan fingerprint density at radius 1 is 1.30 bits per heavy atom. The molecule has 1 saturated heterocycles. The molecule has 1 aromatic rings. The van der Waals surface area contributed by atoms with Crippen LogP contribution in [0.4, 0.5) is 8.78 Å². The van der Waals surface area contributed by atoms with Crippen LogP contribution in [0.5, 0.6) is 5.75 Å². The minimum absolute atomic E-state index is 0.0258. The van der Waals surface area contributed by atoms with Crippen molar-refractivity contribution >= 4 is 5.97 Å². The summed E-state index contributed by atoms with van der Waals surface area (Å²) in [5.41, 5.74) is -0.576. The van der Waals surface area contributed by atoms with Crippen LogP contribution < -0.4 is 4.74 Å². The Balaban J connectivity index is 2.27. The van der Waals surface area contributed by atoms with Gasteiger partial charge in [-0.1, -0.05) is 12.1 Å². The summed E-state index contributed by atoms with van der Waals surface area (Å²) < 4.78 is 28.5. The number of benzene rings is 1. The van der Waals surface area contributed by atoms with Gasteiger partial charge in [0.05, 0.1) is 0 Å². The first-order valence-corrected chi connectivity index (χ1v) is 6.48. The first-order valence-electron chi connectivity index (χ1n) is 6.48. The molecular formula is C14H17F2NO3. The lowest BCUT2D eigenvalue weighted by Gasteiger charge is -2.35. The number of likely N-dealkylation sites (tertiary alicyclic amines) is 1. The summed E-state index contributed by atoms with van der Waals surface area (Å²) in [6.45, 7) is 0.199. The molecule has 0 amide bonds. The molecule has 0 bridgehead atoms. The van der Waals surface area contributed by atoms with Gasteiger partial charge in [-0.05, 0) is 50.6 Å². The Morgan fingerprint density at radius 2 is 1.85 bits per heavy atom. The lowest BCUT2D eigenvalue weighted by Crippen LogP contribution is -2.48. The van der Waals surface area contributed by atoms with Crippen LogP contribution in [-0.4, -0.2) is 35.7 Å². The Kier molecular flexibility index (Phi) is 4.23. The van der Waals surface area contributed by atoms with Gasteiger partial charge in [-0.15, -0.1) is 0 Å². The number of aliphatic carboxylic acids is 1. The molecule has 0 saturated carbocycles. The number of carbonyl (C=O) groups is 1. The number of carboxylic acid groups (broad SMARTS) is 1. The number of carboxylic acids is 1. The predicted molar refractivity (Wildman–Crippen MR) is 68.9 cm³/mol. The molecule has 0 spiro atoms. The highest BCUT2D eigenvalue weighted by molar-refractivity contribution is 5.80. The molecule has 1 aliphatic rings. The van der Waals surface area contributed by atoms with E-state index in [1.807, 2.05) is 4.90 Å². The smallest absolute Gasteiger partial charge is 0.387 e. The second kappa shape index (κ2) is 5.75. The molecule has 1 heterocycles. The number of alkyl halides is 2. The molecule has 20 heavy (non-hydrogen) atoms. The molecule has 1 aromatic carbocycles. The molecule has 1 fully saturated rings. The molecule has 1 unspecified atom stereocenters. The zero-order chi connectivity index (χ0) is 14.8. The lowest BCUT2D eigenvalue weighted by atomic mass is 9.90. The van der Waals surface area contributed by atoms with Crippen LogP contribution in [0, 0.1) is 0 Å². The van der Waals surface area contributed by atoms with Gasteiger partial charge in [0.2, 0.25) is 0 Å². The first kappa shape index (κ1) is 14.7. The Morgan fingerprint density at radius 3 is 2.30 bits per heavy atom. The van der Waals surface area contributed by atoms with E-state index >= 15 is 0 Å². The summed E-state index contributed by atoms with van der Waals surface area (Å²) >= 11 is 0. The number of ether oxygens (including phenoxy) is 1. The third kappa shape index (κ3) is 2.75. The SMILES string of the molecule is CC(C(=O)O)(c1ccc(OC(F)F)cc1)N1CCCC1. The van der Waals surface area contributed by atoms with Crippen LogP contribution in [0.2, 0.25) is 0 Å². The zero-order valence-corrected chi connectivity index (χ0v) is 11.2. The van der Waals surface area contributed by atoms with Gasteiger partial charge < -0.3 is 9.84 Å². The second-order valence-electron chi connectivity index (χ2n) is 4.97. The molecule has 6 heteroatoms. The van der Waals surface area contributed by atoms with Crippen LogP contribution in [0.15, 0.2) is 24.3 Å². The summed E-state index contributed by atoms with van der Waals surface area (Å²) in [6.07, 6.45) is 1.94. The van der Waals surface area contributed by atoms with Gasteiger partial charge in [0, 0.05) is 0 Å². The van der Waals surface area contributed by atoms with E-state index in [0.29, 0.717) is 5.56 Å². The Hall–Kier alpha value is -1.69. The summed E-state index contributed by atoms with van der Waals surface area (Å²) in [4.78, 5) is 13.6. The number of hydrogen-bond acceptors (Lipinski definition) is 3. The van der Waals surface area contributed by atoms with E-state index in [1.165, 1.54) is 24.3 Å². The third-order valence-corrected chi connectivity index (χ3v) is 3.80. The molecule has 0 aromatic heterocycles. The van der Waals surface area contributed by atoms with E-state index in [0.717, 1.165) is 25.9 Å². The van der Waals surface area contributed by atoms with Gasteiger partial charge in [0.15, 0.2) is 0 Å². The number of nitrogens with zero attached hydrogens (tertiary/aromatic N) is 1. The molecule has 4 nitrogen and oxygen atoms in total. The molecule has 2 rings (SSSR count). The number of halogens is 2. The van der Waals surface area contributed by atoms with Crippen molar-refractivity contribution in [2.75, 3.05) is 13.1 Å². The van der Waals surface area contributed by atoms with Crippen LogP contribution in [0.1, 0.15) is 25.3 Å². The molecule has 110 valence electrons. The van der Waals surface area contributed by atoms with E-state index in [2.05, 4.69) is 4.74 Å². The first-order chi connectivity index (χ1) is 9.44. The van der Waals surface area contributed by atoms with Crippen molar-refractivity contribution in [1.29, 1.82) is 0 Å². The van der Waals surface area contributed by atoms with E-state index in [9.17, 15) is 18.7 Å². The molecule has 0 radical (unpaired) electrons. The Bertz CT molecular complexity index is 472. The van der Waals surface area contributed by atoms with Gasteiger partial charge in [0.1, 0.15) is 11.3 Å². The summed E-state index contributed by atoms with van der Waals surface area (Å²) in [6, 6.07) is 5.81. The average Bonchev–Trinajstić information content (AvgIpc) is 2.92. The van der Waals surface area contributed by atoms with Crippen LogP contribution in [0.25, 0.3) is 0 Å². The van der Waals surface area contributed by atoms with Crippen LogP contribution in [0.3, 0.4) is 0 Å². The largest absolute Gasteiger partial charge is 0.480 e. The Labute approximate surface area is 116 Å². The fraction of sp³-hybridized carbons (Fsp3) is 0.500. The fourth-order valence-electron chi connectivity index (χ4n) is 2.57. The van der Waals surface area contributed by atoms with E-state index in [-0.39, 0.29) is 5.75 Å². The monoisotopic (exact) mass is 285 g/mol. The predicted octanol–water partition coefficient (Wildman–Crippen LogP) is 2.68. The number of rotatable bonds is 5. The third-order valence-electron chi connectivity index (χ3n) is 3.80. The second-order valence-corrected chi connectivity index (χ2v) is 4.97. The van der Waals surface area contributed by atoms with Crippen molar-refractivity contribution in [2.24, 2.45) is 0 Å². The highest BCUT2D eigenvalue weighted by Gasteiger charge is 2.42. The highest BCUT2D eigenvalue weighted by Crippen LogP contribution is 2.33. The maximum atomic E-state index is 12.1. The standard InChI is InChI=1S/C14H17F2NO3/c1-14(12(18)19,17-8-2-3-9-17)10-4-6-11(7-5-10)20-13(15)16/h4-7,13H,2-3,8-9H2,1H3,(H,18,19). The summed E-state index contributed by atoms with van der Waals surface area (Å²) in [5.74, 6) is -0.917. The highest BCUT2D eigenvalue weighted by atomic mass is 19.3. The normalized spacial score (nSPS) is 19.0. The topological polar surface area (TPSA) is 49.8 Å². The van der Waals surface area contributed by atoms with Gasteiger partial charge in [-0.2, -0.15) is 8.78 Å². The van der Waals surface area contributed by atoms with Crippen molar-refractivity contribution in [1.82, 2.24) is 4.90 Å². The van der Waals surface area contributed by atoms with Crippen molar-refractivity contribution in [3.63, 3.8) is 0 Å². The van der Waals surface area contributed by atoms with Gasteiger partial charge in [-0.25, -0.2) is 4.79 Å². The van der Waals surface area contributed by atoms with E-state index < -0.39 is 18.1 Å². The van der Waals surface area contributed by atoms with Crippen molar-refractivity contribution < 1.29 is 23.4 Å². The van der Waals surface area contributed by atoms with Gasteiger partial charge in [0.25, 0.3) is 0 Å². The minimum atomic E-state index is -2.88. The average molecular weight is 285 g/mol. The van der Waals surface area contributed by atoms with Crippen molar-refractivity contribution in [3.8, 4) is 5.75 Å². The summed E-state index contributed by atoms with van der Waals surface area (Å²) in [5, 5.41) is 9.57. The molecular weight excluding hydrogens is 268 g/mol. The number of hydrogen-bond donors (Lipinski definition) is 1. The van der Waals surface area contributed by atoms with Gasteiger partial charge >= 0.3 is 12.6 Å². The van der Waals surface area contributed by atoms with Crippen LogP contribution >= 0.6 is 0 Å². The maximum Gasteiger partial charge on any atom is 0.387 e.